The molecule has 1 aromatic carbocycles. The molecule has 3 aromatic heterocycles. The van der Waals surface area contributed by atoms with Gasteiger partial charge in [-0.05, 0) is 49.8 Å². The summed E-state index contributed by atoms with van der Waals surface area (Å²) in [7, 11) is 0. The van der Waals surface area contributed by atoms with Gasteiger partial charge in [0, 0.05) is 43.5 Å². The second-order valence-corrected chi connectivity index (χ2v) is 11.3. The van der Waals surface area contributed by atoms with Crippen molar-refractivity contribution in [1.82, 2.24) is 25.2 Å². The van der Waals surface area contributed by atoms with Crippen molar-refractivity contribution in [2.24, 2.45) is 0 Å². The molecule has 1 aliphatic carbocycles. The van der Waals surface area contributed by atoms with Gasteiger partial charge in [0.2, 0.25) is 0 Å². The largest absolute Gasteiger partial charge is 0.413 e. The molecule has 0 bridgehead atoms. The molecule has 8 nitrogen and oxygen atoms in total. The number of nitrogens with one attached hydrogen (secondary N) is 1. The average molecular weight is 538 g/mol. The van der Waals surface area contributed by atoms with Crippen LogP contribution in [-0.4, -0.2) is 51.0 Å². The van der Waals surface area contributed by atoms with Gasteiger partial charge < -0.3 is 15.0 Å². The van der Waals surface area contributed by atoms with Crippen LogP contribution in [0.4, 0.5) is 9.18 Å². The zero-order valence-corrected chi connectivity index (χ0v) is 21.5. The molecule has 0 unspecified atom stereocenters. The van der Waals surface area contributed by atoms with Gasteiger partial charge in [-0.2, -0.15) is 0 Å². The molecule has 1 aliphatic heterocycles. The number of hydrogen-bond acceptors (Lipinski definition) is 8. The quantitative estimate of drug-likeness (QED) is 0.343. The molecule has 4 aromatic rings. The molecule has 4 heterocycles. The first-order valence-electron chi connectivity index (χ1n) is 12.3. The molecule has 1 N–H and O–H groups in total. The van der Waals surface area contributed by atoms with Gasteiger partial charge in [-0.25, -0.2) is 19.2 Å². The third kappa shape index (κ3) is 5.19. The number of thiazole rings is 1. The number of fused-ring (bicyclic) bond motifs is 1. The second-order valence-electron chi connectivity index (χ2n) is 9.24. The van der Waals surface area contributed by atoms with Crippen LogP contribution in [0.15, 0.2) is 42.7 Å². The number of aromatic nitrogens is 3. The highest BCUT2D eigenvalue weighted by atomic mass is 32.1. The lowest BCUT2D eigenvalue weighted by Gasteiger charge is -2.35. The smallest absolute Gasteiger partial charge is 0.399 e. The maximum Gasteiger partial charge on any atom is 0.413 e. The highest BCUT2D eigenvalue weighted by Gasteiger charge is 2.34. The van der Waals surface area contributed by atoms with Crippen molar-refractivity contribution >= 4 is 45.0 Å². The lowest BCUT2D eigenvalue weighted by molar-refractivity contribution is 0.0607. The Balaban J connectivity index is 1.17. The number of nitrogens with zero attached hydrogens (tertiary/aromatic N) is 4. The minimum absolute atomic E-state index is 0.149. The molecule has 11 heteroatoms. The second kappa shape index (κ2) is 10.1. The number of hydrogen-bond donors (Lipinski definition) is 1. The first-order valence-corrected chi connectivity index (χ1v) is 13.9. The Morgan fingerprint density at radius 1 is 1.08 bits per heavy atom. The molecule has 1 saturated heterocycles. The van der Waals surface area contributed by atoms with Crippen LogP contribution in [0.1, 0.15) is 53.5 Å². The Labute approximate surface area is 220 Å². The van der Waals surface area contributed by atoms with Gasteiger partial charge in [0.1, 0.15) is 21.9 Å². The van der Waals surface area contributed by atoms with Crippen molar-refractivity contribution in [3.63, 3.8) is 0 Å². The highest BCUT2D eigenvalue weighted by molar-refractivity contribution is 7.20. The maximum absolute atomic E-state index is 13.8. The molecular weight excluding hydrogens is 513 g/mol. The summed E-state index contributed by atoms with van der Waals surface area (Å²) in [5.41, 5.74) is 1.88. The van der Waals surface area contributed by atoms with E-state index in [4.69, 9.17) is 9.72 Å². The van der Waals surface area contributed by atoms with Gasteiger partial charge in [0.15, 0.2) is 5.06 Å². The summed E-state index contributed by atoms with van der Waals surface area (Å²) < 4.78 is 19.0. The van der Waals surface area contributed by atoms with Crippen LogP contribution in [0.3, 0.4) is 0 Å². The minimum Gasteiger partial charge on any atom is -0.399 e. The number of ether oxygens (including phenoxy) is 1. The standard InChI is InChI=1S/C26H24FN5O3S2/c27-17-8-6-15(7-9-17)22-21(31-23(37-22)16-4-5-16)25(33)32-12-2-1-3-18(32)14-30-26(34)35-20-13-19-24(36-20)29-11-10-28-19/h6-11,13,16,18H,1-5,12,14H2,(H,30,34)/t18-/m0/s1. The van der Waals surface area contributed by atoms with Gasteiger partial charge in [0.25, 0.3) is 5.91 Å². The van der Waals surface area contributed by atoms with Crippen LogP contribution in [0.25, 0.3) is 20.8 Å². The van der Waals surface area contributed by atoms with Crippen molar-refractivity contribution in [3.8, 4) is 15.5 Å². The molecule has 6 rings (SSSR count). The molecule has 37 heavy (non-hydrogen) atoms. The number of halogens is 1. The summed E-state index contributed by atoms with van der Waals surface area (Å²) in [4.78, 5) is 42.8. The first kappa shape index (κ1) is 23.9. The Hall–Kier alpha value is -3.44. The number of carbonyl (C=O) groups is 2. The number of benzene rings is 1. The van der Waals surface area contributed by atoms with Crippen molar-refractivity contribution in [3.05, 3.63) is 59.2 Å². The van der Waals surface area contributed by atoms with E-state index in [1.54, 1.807) is 30.6 Å². The summed E-state index contributed by atoms with van der Waals surface area (Å²) in [5, 5.41) is 4.19. The number of thiophene rings is 1. The van der Waals surface area contributed by atoms with E-state index in [1.165, 1.54) is 34.8 Å². The summed E-state index contributed by atoms with van der Waals surface area (Å²) in [5.74, 6) is -0.0663. The van der Waals surface area contributed by atoms with Crippen molar-refractivity contribution in [2.75, 3.05) is 13.1 Å². The zero-order valence-electron chi connectivity index (χ0n) is 19.9. The number of rotatable bonds is 6. The summed E-state index contributed by atoms with van der Waals surface area (Å²) in [6, 6.07) is 7.71. The maximum atomic E-state index is 13.8. The summed E-state index contributed by atoms with van der Waals surface area (Å²) >= 11 is 2.77. The summed E-state index contributed by atoms with van der Waals surface area (Å²) in [6.07, 6.45) is 7.38. The Morgan fingerprint density at radius 2 is 1.89 bits per heavy atom. The van der Waals surface area contributed by atoms with Crippen LogP contribution in [-0.2, 0) is 0 Å². The monoisotopic (exact) mass is 537 g/mol. The van der Waals surface area contributed by atoms with Crippen LogP contribution in [0, 0.1) is 5.82 Å². The Bertz CT molecular complexity index is 1420. The van der Waals surface area contributed by atoms with E-state index < -0.39 is 6.09 Å². The van der Waals surface area contributed by atoms with Crippen molar-refractivity contribution in [2.45, 2.75) is 44.1 Å². The Kier molecular flexibility index (Phi) is 6.56. The molecule has 0 spiro atoms. The zero-order chi connectivity index (χ0) is 25.4. The number of piperidine rings is 1. The fourth-order valence-corrected chi connectivity index (χ4v) is 6.57. The van der Waals surface area contributed by atoms with Gasteiger partial charge in [0.05, 0.1) is 9.88 Å². The van der Waals surface area contributed by atoms with E-state index in [0.29, 0.717) is 33.6 Å². The fourth-order valence-electron chi connectivity index (χ4n) is 4.53. The van der Waals surface area contributed by atoms with Crippen LogP contribution in [0.2, 0.25) is 0 Å². The molecule has 1 saturated carbocycles. The van der Waals surface area contributed by atoms with Crippen LogP contribution >= 0.6 is 22.7 Å². The topological polar surface area (TPSA) is 97.3 Å². The number of amides is 2. The van der Waals surface area contributed by atoms with Gasteiger partial charge in [-0.15, -0.1) is 11.3 Å². The van der Waals surface area contributed by atoms with E-state index in [0.717, 1.165) is 47.6 Å². The average Bonchev–Trinajstić information content (AvgIpc) is 3.53. The van der Waals surface area contributed by atoms with E-state index in [-0.39, 0.29) is 24.3 Å². The van der Waals surface area contributed by atoms with Gasteiger partial charge in [-0.3, -0.25) is 9.78 Å². The van der Waals surface area contributed by atoms with Crippen molar-refractivity contribution in [1.29, 1.82) is 0 Å². The predicted octanol–water partition coefficient (Wildman–Crippen LogP) is 5.61. The molecule has 0 radical (unpaired) electrons. The van der Waals surface area contributed by atoms with Crippen LogP contribution in [0.5, 0.6) is 5.06 Å². The number of likely N-dealkylation sites (tertiary alicyclic amines) is 1. The van der Waals surface area contributed by atoms with E-state index >= 15 is 0 Å². The molecular formula is C26H24FN5O3S2. The third-order valence-corrected chi connectivity index (χ3v) is 8.76. The normalized spacial score (nSPS) is 17.6. The lowest BCUT2D eigenvalue weighted by atomic mass is 10.0. The first-order chi connectivity index (χ1) is 18.0. The number of carbonyl (C=O) groups excluding carboxylic acids is 2. The fraction of sp³-hybridized carbons (Fsp3) is 0.346. The van der Waals surface area contributed by atoms with E-state index in [1.807, 2.05) is 4.90 Å². The SMILES string of the molecule is O=C(NC[C@@H]1CCCCN1C(=O)c1nc(C2CC2)sc1-c1ccc(F)cc1)Oc1cc2nccnc2s1. The van der Waals surface area contributed by atoms with Crippen LogP contribution < -0.4 is 10.1 Å². The van der Waals surface area contributed by atoms with Crippen molar-refractivity contribution < 1.29 is 18.7 Å². The predicted molar refractivity (Wildman–Crippen MR) is 140 cm³/mol. The molecule has 2 aliphatic rings. The third-order valence-electron chi connectivity index (χ3n) is 6.59. The molecule has 1 atom stereocenters. The molecule has 190 valence electrons. The lowest BCUT2D eigenvalue weighted by Crippen LogP contribution is -2.50. The highest BCUT2D eigenvalue weighted by Crippen LogP contribution is 2.45. The molecule has 2 amide bonds. The van der Waals surface area contributed by atoms with E-state index in [2.05, 4.69) is 15.3 Å². The van der Waals surface area contributed by atoms with E-state index in [9.17, 15) is 14.0 Å². The Morgan fingerprint density at radius 3 is 2.68 bits per heavy atom. The minimum atomic E-state index is -0.582. The van der Waals surface area contributed by atoms with Gasteiger partial charge >= 0.3 is 6.09 Å². The van der Waals surface area contributed by atoms with Gasteiger partial charge in [-0.1, -0.05) is 23.5 Å². The summed E-state index contributed by atoms with van der Waals surface area (Å²) in [6.45, 7) is 0.866. The molecule has 2 fully saturated rings.